The van der Waals surface area contributed by atoms with Crippen LogP contribution in [0.3, 0.4) is 0 Å². The monoisotopic (exact) mass is 327 g/mol. The Morgan fingerprint density at radius 2 is 1.88 bits per heavy atom. The van der Waals surface area contributed by atoms with Crippen LogP contribution < -0.4 is 10.6 Å². The Kier molecular flexibility index (Phi) is 5.79. The molecule has 2 N–H and O–H groups in total. The first-order valence-electron chi connectivity index (χ1n) is 8.04. The molecular formula is C19H25N3O2. The average molecular weight is 327 g/mol. The number of ether oxygens (including phenoxy) is 1. The summed E-state index contributed by atoms with van der Waals surface area (Å²) in [6, 6.07) is 11.9. The Labute approximate surface area is 143 Å². The van der Waals surface area contributed by atoms with Crippen molar-refractivity contribution in [2.24, 2.45) is 0 Å². The van der Waals surface area contributed by atoms with Crippen molar-refractivity contribution >= 4 is 11.8 Å². The van der Waals surface area contributed by atoms with Crippen molar-refractivity contribution in [2.45, 2.75) is 46.4 Å². The van der Waals surface area contributed by atoms with Crippen molar-refractivity contribution in [2.75, 3.05) is 5.32 Å². The SMILES string of the molecule is Cc1ccc(CNc2ccccc2CNC(=O)OC(C)(C)C)nc1. The van der Waals surface area contributed by atoms with E-state index in [1.54, 1.807) is 0 Å². The van der Waals surface area contributed by atoms with Crippen LogP contribution >= 0.6 is 0 Å². The van der Waals surface area contributed by atoms with E-state index in [1.165, 1.54) is 0 Å². The number of amides is 1. The number of nitrogens with zero attached hydrogens (tertiary/aromatic N) is 1. The molecule has 0 unspecified atom stereocenters. The van der Waals surface area contributed by atoms with E-state index in [9.17, 15) is 4.79 Å². The first-order valence-corrected chi connectivity index (χ1v) is 8.04. The fourth-order valence-corrected chi connectivity index (χ4v) is 2.12. The van der Waals surface area contributed by atoms with Crippen LogP contribution in [0.2, 0.25) is 0 Å². The Hall–Kier alpha value is -2.56. The highest BCUT2D eigenvalue weighted by Gasteiger charge is 2.16. The summed E-state index contributed by atoms with van der Waals surface area (Å²) in [7, 11) is 0. The minimum absolute atomic E-state index is 0.402. The van der Waals surface area contributed by atoms with Crippen molar-refractivity contribution in [3.8, 4) is 0 Å². The largest absolute Gasteiger partial charge is 0.444 e. The van der Waals surface area contributed by atoms with Gasteiger partial charge in [-0.2, -0.15) is 0 Å². The quantitative estimate of drug-likeness (QED) is 0.870. The van der Waals surface area contributed by atoms with Crippen LogP contribution in [0.5, 0.6) is 0 Å². The zero-order chi connectivity index (χ0) is 17.6. The Morgan fingerprint density at radius 1 is 1.12 bits per heavy atom. The van der Waals surface area contributed by atoms with E-state index >= 15 is 0 Å². The second-order valence-corrected chi connectivity index (χ2v) is 6.69. The summed E-state index contributed by atoms with van der Waals surface area (Å²) in [6.45, 7) is 8.58. The molecule has 0 aliphatic rings. The molecule has 5 nitrogen and oxygen atoms in total. The van der Waals surface area contributed by atoms with Gasteiger partial charge in [-0.25, -0.2) is 4.79 Å². The lowest BCUT2D eigenvalue weighted by Gasteiger charge is -2.20. The highest BCUT2D eigenvalue weighted by atomic mass is 16.6. The third-order valence-corrected chi connectivity index (χ3v) is 3.27. The van der Waals surface area contributed by atoms with Gasteiger partial charge in [-0.1, -0.05) is 24.3 Å². The molecule has 0 aliphatic heterocycles. The van der Waals surface area contributed by atoms with Crippen LogP contribution in [0.15, 0.2) is 42.6 Å². The predicted molar refractivity (Wildman–Crippen MR) is 95.8 cm³/mol. The summed E-state index contributed by atoms with van der Waals surface area (Å²) in [6.07, 6.45) is 1.44. The number of benzene rings is 1. The number of rotatable bonds is 5. The van der Waals surface area contributed by atoms with Crippen molar-refractivity contribution in [3.63, 3.8) is 0 Å². The van der Waals surface area contributed by atoms with Crippen molar-refractivity contribution in [1.29, 1.82) is 0 Å². The number of hydrogen-bond donors (Lipinski definition) is 2. The second-order valence-electron chi connectivity index (χ2n) is 6.69. The third kappa shape index (κ3) is 5.91. The van der Waals surface area contributed by atoms with Crippen LogP contribution in [-0.4, -0.2) is 16.7 Å². The highest BCUT2D eigenvalue weighted by Crippen LogP contribution is 2.16. The van der Waals surface area contributed by atoms with Crippen molar-refractivity contribution < 1.29 is 9.53 Å². The van der Waals surface area contributed by atoms with E-state index in [1.807, 2.05) is 70.3 Å². The minimum atomic E-state index is -0.501. The number of pyridine rings is 1. The lowest BCUT2D eigenvalue weighted by atomic mass is 10.1. The topological polar surface area (TPSA) is 63.2 Å². The van der Waals surface area contributed by atoms with Gasteiger partial charge < -0.3 is 15.4 Å². The first-order chi connectivity index (χ1) is 11.3. The lowest BCUT2D eigenvalue weighted by Crippen LogP contribution is -2.32. The number of anilines is 1. The molecule has 1 amide bonds. The molecule has 2 aromatic rings. The smallest absolute Gasteiger partial charge is 0.407 e. The predicted octanol–water partition coefficient (Wildman–Crippen LogP) is 4.03. The van der Waals surface area contributed by atoms with Crippen LogP contribution in [-0.2, 0) is 17.8 Å². The minimum Gasteiger partial charge on any atom is -0.444 e. The van der Waals surface area contributed by atoms with E-state index in [2.05, 4.69) is 15.6 Å². The van der Waals surface area contributed by atoms with Crippen LogP contribution in [0, 0.1) is 6.92 Å². The molecule has 5 heteroatoms. The van der Waals surface area contributed by atoms with Crippen LogP contribution in [0.25, 0.3) is 0 Å². The van der Waals surface area contributed by atoms with Gasteiger partial charge in [-0.05, 0) is 51.0 Å². The van der Waals surface area contributed by atoms with Crippen LogP contribution in [0.1, 0.15) is 37.6 Å². The number of alkyl carbamates (subject to hydrolysis) is 1. The fourth-order valence-electron chi connectivity index (χ4n) is 2.12. The van der Waals surface area contributed by atoms with Gasteiger partial charge in [0.05, 0.1) is 12.2 Å². The lowest BCUT2D eigenvalue weighted by molar-refractivity contribution is 0.0523. The van der Waals surface area contributed by atoms with Gasteiger partial charge in [0.25, 0.3) is 0 Å². The van der Waals surface area contributed by atoms with Crippen LogP contribution in [0.4, 0.5) is 10.5 Å². The van der Waals surface area contributed by atoms with Crippen molar-refractivity contribution in [3.05, 3.63) is 59.4 Å². The number of hydrogen-bond acceptors (Lipinski definition) is 4. The molecule has 1 aromatic carbocycles. The highest BCUT2D eigenvalue weighted by molar-refractivity contribution is 5.68. The molecule has 0 fully saturated rings. The maximum absolute atomic E-state index is 11.8. The maximum atomic E-state index is 11.8. The van der Waals surface area contributed by atoms with Gasteiger partial charge in [0.1, 0.15) is 5.60 Å². The van der Waals surface area contributed by atoms with Gasteiger partial charge in [-0.3, -0.25) is 4.98 Å². The number of carbonyl (C=O) groups is 1. The third-order valence-electron chi connectivity index (χ3n) is 3.27. The number of carbonyl (C=O) groups excluding carboxylic acids is 1. The maximum Gasteiger partial charge on any atom is 0.407 e. The fraction of sp³-hybridized carbons (Fsp3) is 0.368. The molecule has 1 aromatic heterocycles. The molecule has 0 aliphatic carbocycles. The standard InChI is InChI=1S/C19H25N3O2/c1-14-9-10-16(20-11-14)13-21-17-8-6-5-7-15(17)12-22-18(23)24-19(2,3)4/h5-11,21H,12-13H2,1-4H3,(H,22,23). The Bertz CT molecular complexity index is 676. The van der Waals surface area contributed by atoms with E-state index in [-0.39, 0.29) is 0 Å². The zero-order valence-corrected chi connectivity index (χ0v) is 14.7. The number of aryl methyl sites for hydroxylation is 1. The van der Waals surface area contributed by atoms with Gasteiger partial charge in [0.15, 0.2) is 0 Å². The summed E-state index contributed by atoms with van der Waals surface area (Å²) in [5.74, 6) is 0. The molecule has 2 rings (SSSR count). The molecule has 0 spiro atoms. The Balaban J connectivity index is 1.94. The van der Waals surface area contributed by atoms with Gasteiger partial charge in [0.2, 0.25) is 0 Å². The molecule has 0 bridgehead atoms. The summed E-state index contributed by atoms with van der Waals surface area (Å²) in [5, 5.41) is 6.15. The number of aromatic nitrogens is 1. The van der Waals surface area contributed by atoms with Crippen molar-refractivity contribution in [1.82, 2.24) is 10.3 Å². The number of nitrogens with one attached hydrogen (secondary N) is 2. The van der Waals surface area contributed by atoms with Gasteiger partial charge >= 0.3 is 6.09 Å². The summed E-state index contributed by atoms with van der Waals surface area (Å²) < 4.78 is 5.26. The van der Waals surface area contributed by atoms with E-state index in [0.29, 0.717) is 13.1 Å². The van der Waals surface area contributed by atoms with E-state index in [0.717, 1.165) is 22.5 Å². The molecule has 0 atom stereocenters. The van der Waals surface area contributed by atoms with E-state index < -0.39 is 11.7 Å². The summed E-state index contributed by atoms with van der Waals surface area (Å²) in [4.78, 5) is 16.2. The zero-order valence-electron chi connectivity index (χ0n) is 14.7. The van der Waals surface area contributed by atoms with E-state index in [4.69, 9.17) is 4.74 Å². The Morgan fingerprint density at radius 3 is 2.54 bits per heavy atom. The molecular weight excluding hydrogens is 302 g/mol. The van der Waals surface area contributed by atoms with Gasteiger partial charge in [-0.15, -0.1) is 0 Å². The summed E-state index contributed by atoms with van der Waals surface area (Å²) in [5.41, 5.74) is 3.57. The second kappa shape index (κ2) is 7.81. The molecule has 128 valence electrons. The molecule has 24 heavy (non-hydrogen) atoms. The number of para-hydroxylation sites is 1. The molecule has 0 saturated heterocycles. The first kappa shape index (κ1) is 17.8. The molecule has 1 heterocycles. The normalized spacial score (nSPS) is 11.0. The molecule has 0 saturated carbocycles. The van der Waals surface area contributed by atoms with Gasteiger partial charge in [0, 0.05) is 18.4 Å². The molecule has 0 radical (unpaired) electrons. The average Bonchev–Trinajstić information content (AvgIpc) is 2.51. The summed E-state index contributed by atoms with van der Waals surface area (Å²) >= 11 is 0.